The molecule has 0 spiro atoms. The number of aliphatic hydroxyl groups excluding tert-OH is 1. The van der Waals surface area contributed by atoms with Gasteiger partial charge in [0.1, 0.15) is 0 Å². The number of fused-ring (bicyclic) bond motifs is 6. The lowest BCUT2D eigenvalue weighted by Gasteiger charge is -2.27. The molecule has 4 heterocycles. The zero-order valence-electron chi connectivity index (χ0n) is 18.7. The van der Waals surface area contributed by atoms with E-state index in [0.717, 1.165) is 65.2 Å². The van der Waals surface area contributed by atoms with E-state index >= 15 is 0 Å². The Kier molecular flexibility index (Phi) is 5.26. The molecule has 2 aromatic heterocycles. The number of aromatic nitrogens is 2. The molecule has 0 unspecified atom stereocenters. The molecule has 0 bridgehead atoms. The average Bonchev–Trinajstić information content (AvgIpc) is 3.14. The number of benzene rings is 2. The lowest BCUT2D eigenvalue weighted by molar-refractivity contribution is 0.0694. The van der Waals surface area contributed by atoms with Crippen LogP contribution >= 0.6 is 0 Å². The molecular formula is C27H32N4O. The summed E-state index contributed by atoms with van der Waals surface area (Å²) < 4.78 is 4.94. The summed E-state index contributed by atoms with van der Waals surface area (Å²) in [7, 11) is 0. The maximum absolute atomic E-state index is 11.0. The number of hydrogen-bond acceptors (Lipinski definition) is 3. The normalized spacial score (nSPS) is 18.1. The fraction of sp³-hybridized carbons (Fsp3) is 0.407. The first kappa shape index (κ1) is 20.0. The second-order valence-corrected chi connectivity index (χ2v) is 9.52. The van der Waals surface area contributed by atoms with Crippen LogP contribution in [-0.4, -0.2) is 56.3 Å². The van der Waals surface area contributed by atoms with Crippen molar-refractivity contribution >= 4 is 21.8 Å². The van der Waals surface area contributed by atoms with Crippen molar-refractivity contribution in [2.24, 2.45) is 0 Å². The summed E-state index contributed by atoms with van der Waals surface area (Å²) in [4.78, 5) is 4.88. The van der Waals surface area contributed by atoms with Gasteiger partial charge < -0.3 is 14.2 Å². The predicted molar refractivity (Wildman–Crippen MR) is 130 cm³/mol. The van der Waals surface area contributed by atoms with Crippen molar-refractivity contribution in [3.05, 3.63) is 72.1 Å². The predicted octanol–water partition coefficient (Wildman–Crippen LogP) is 4.07. The van der Waals surface area contributed by atoms with Crippen LogP contribution in [0.5, 0.6) is 0 Å². The molecular weight excluding hydrogens is 396 g/mol. The molecule has 0 radical (unpaired) electrons. The number of rotatable bonds is 4. The van der Waals surface area contributed by atoms with Crippen LogP contribution in [0.2, 0.25) is 0 Å². The summed E-state index contributed by atoms with van der Waals surface area (Å²) in [5, 5.41) is 13.7. The maximum atomic E-state index is 11.0. The monoisotopic (exact) mass is 428 g/mol. The molecule has 4 aromatic rings. The van der Waals surface area contributed by atoms with Gasteiger partial charge in [-0.05, 0) is 47.9 Å². The highest BCUT2D eigenvalue weighted by molar-refractivity contribution is 5.82. The largest absolute Gasteiger partial charge is 0.390 e. The SMILES string of the molecule is OC(CN1CCCn2c(cc3ccccc32)C1)CN1CCCn2c(cc3ccccc32)C1. The molecule has 1 N–H and O–H groups in total. The Morgan fingerprint density at radius 2 is 1.12 bits per heavy atom. The summed E-state index contributed by atoms with van der Waals surface area (Å²) in [6.07, 6.45) is 1.92. The second kappa shape index (κ2) is 8.39. The van der Waals surface area contributed by atoms with E-state index in [0.29, 0.717) is 0 Å². The first-order valence-electron chi connectivity index (χ1n) is 12.0. The minimum atomic E-state index is -0.332. The lowest BCUT2D eigenvalue weighted by atomic mass is 10.2. The van der Waals surface area contributed by atoms with Crippen LogP contribution < -0.4 is 0 Å². The smallest absolute Gasteiger partial charge is 0.0794 e. The van der Waals surface area contributed by atoms with Crippen LogP contribution in [0.25, 0.3) is 21.8 Å². The van der Waals surface area contributed by atoms with Gasteiger partial charge >= 0.3 is 0 Å². The standard InChI is InChI=1S/C27H32N4O/c32-25(19-28-11-5-13-30-23(17-28)15-21-7-1-3-9-26(21)30)20-29-12-6-14-31-24(18-29)16-22-8-2-4-10-27(22)31/h1-4,7-10,15-16,25,32H,5-6,11-14,17-20H2. The van der Waals surface area contributed by atoms with Crippen LogP contribution in [-0.2, 0) is 26.2 Å². The highest BCUT2D eigenvalue weighted by Gasteiger charge is 2.22. The van der Waals surface area contributed by atoms with Crippen molar-refractivity contribution in [2.75, 3.05) is 26.2 Å². The van der Waals surface area contributed by atoms with E-state index in [2.05, 4.69) is 79.6 Å². The van der Waals surface area contributed by atoms with Gasteiger partial charge in [-0.15, -0.1) is 0 Å². The van der Waals surface area contributed by atoms with Gasteiger partial charge in [0, 0.05) is 74.8 Å². The summed E-state index contributed by atoms with van der Waals surface area (Å²) >= 11 is 0. The Bertz CT molecular complexity index is 1140. The number of nitrogens with zero attached hydrogens (tertiary/aromatic N) is 4. The van der Waals surface area contributed by atoms with Crippen molar-refractivity contribution < 1.29 is 5.11 Å². The zero-order chi connectivity index (χ0) is 21.5. The van der Waals surface area contributed by atoms with Gasteiger partial charge in [0.25, 0.3) is 0 Å². The van der Waals surface area contributed by atoms with Crippen LogP contribution in [0, 0.1) is 0 Å². The molecule has 6 rings (SSSR count). The van der Waals surface area contributed by atoms with Crippen molar-refractivity contribution in [3.8, 4) is 0 Å². The molecule has 0 aliphatic carbocycles. The molecule has 0 saturated heterocycles. The van der Waals surface area contributed by atoms with Gasteiger partial charge in [-0.1, -0.05) is 36.4 Å². The molecule has 0 fully saturated rings. The molecule has 2 aromatic carbocycles. The molecule has 32 heavy (non-hydrogen) atoms. The van der Waals surface area contributed by atoms with E-state index in [1.54, 1.807) is 0 Å². The minimum absolute atomic E-state index is 0.332. The van der Waals surface area contributed by atoms with Crippen molar-refractivity contribution in [3.63, 3.8) is 0 Å². The second-order valence-electron chi connectivity index (χ2n) is 9.52. The summed E-state index contributed by atoms with van der Waals surface area (Å²) in [6.45, 7) is 7.52. The molecule has 0 saturated carbocycles. The lowest BCUT2D eigenvalue weighted by Crippen LogP contribution is -2.40. The minimum Gasteiger partial charge on any atom is -0.390 e. The fourth-order valence-corrected chi connectivity index (χ4v) is 5.81. The summed E-state index contributed by atoms with van der Waals surface area (Å²) in [5.74, 6) is 0. The Hall–Kier alpha value is -2.60. The van der Waals surface area contributed by atoms with Crippen LogP contribution in [0.1, 0.15) is 24.2 Å². The number of hydrogen-bond donors (Lipinski definition) is 1. The van der Waals surface area contributed by atoms with E-state index in [1.165, 1.54) is 33.2 Å². The van der Waals surface area contributed by atoms with E-state index < -0.39 is 0 Å². The number of aryl methyl sites for hydroxylation is 2. The molecule has 2 aliphatic rings. The van der Waals surface area contributed by atoms with Gasteiger partial charge in [0.2, 0.25) is 0 Å². The van der Waals surface area contributed by atoms with Crippen LogP contribution in [0.4, 0.5) is 0 Å². The molecule has 2 aliphatic heterocycles. The van der Waals surface area contributed by atoms with Gasteiger partial charge in [0.05, 0.1) is 6.10 Å². The third-order valence-electron chi connectivity index (χ3n) is 7.21. The van der Waals surface area contributed by atoms with E-state index in [-0.39, 0.29) is 6.10 Å². The molecule has 0 amide bonds. The quantitative estimate of drug-likeness (QED) is 0.532. The Morgan fingerprint density at radius 1 is 0.656 bits per heavy atom. The zero-order valence-corrected chi connectivity index (χ0v) is 18.7. The fourth-order valence-electron chi connectivity index (χ4n) is 5.81. The van der Waals surface area contributed by atoms with Crippen molar-refractivity contribution in [1.29, 1.82) is 0 Å². The average molecular weight is 429 g/mol. The first-order chi connectivity index (χ1) is 15.7. The maximum Gasteiger partial charge on any atom is 0.0794 e. The highest BCUT2D eigenvalue weighted by atomic mass is 16.3. The highest BCUT2D eigenvalue weighted by Crippen LogP contribution is 2.25. The van der Waals surface area contributed by atoms with E-state index in [9.17, 15) is 5.11 Å². The van der Waals surface area contributed by atoms with E-state index in [4.69, 9.17) is 0 Å². The molecule has 5 heteroatoms. The van der Waals surface area contributed by atoms with Gasteiger partial charge in [-0.2, -0.15) is 0 Å². The summed E-state index contributed by atoms with van der Waals surface area (Å²) in [5.41, 5.74) is 5.42. The topological polar surface area (TPSA) is 36.6 Å². The number of aliphatic hydroxyl groups is 1. The van der Waals surface area contributed by atoms with Crippen LogP contribution in [0.3, 0.4) is 0 Å². The third kappa shape index (κ3) is 3.75. The van der Waals surface area contributed by atoms with E-state index in [1.807, 2.05) is 0 Å². The van der Waals surface area contributed by atoms with Gasteiger partial charge in [-0.3, -0.25) is 9.80 Å². The van der Waals surface area contributed by atoms with Crippen LogP contribution in [0.15, 0.2) is 60.7 Å². The van der Waals surface area contributed by atoms with Gasteiger partial charge in [-0.25, -0.2) is 0 Å². The number of β-amino-alcohol motifs (C(OH)–C–C–N with tert-alkyl or cyclic N) is 1. The van der Waals surface area contributed by atoms with Gasteiger partial charge in [0.15, 0.2) is 0 Å². The first-order valence-corrected chi connectivity index (χ1v) is 12.0. The Morgan fingerprint density at radius 3 is 1.62 bits per heavy atom. The third-order valence-corrected chi connectivity index (χ3v) is 7.21. The molecule has 5 nitrogen and oxygen atoms in total. The molecule has 166 valence electrons. The van der Waals surface area contributed by atoms with Crippen molar-refractivity contribution in [1.82, 2.24) is 18.9 Å². The summed E-state index contributed by atoms with van der Waals surface area (Å²) in [6, 6.07) is 22.0. The molecule has 0 atom stereocenters. The Labute approximate surface area is 189 Å². The Balaban J connectivity index is 1.13. The number of para-hydroxylation sites is 2. The van der Waals surface area contributed by atoms with Crippen molar-refractivity contribution in [2.45, 2.75) is 45.1 Å².